The molecular weight excluding hydrogens is 298 g/mol. The van der Waals surface area contributed by atoms with E-state index in [9.17, 15) is 9.59 Å². The monoisotopic (exact) mass is 315 g/mol. The molecule has 0 N–H and O–H groups in total. The fourth-order valence-electron chi connectivity index (χ4n) is 2.81. The van der Waals surface area contributed by atoms with E-state index in [1.54, 1.807) is 16.2 Å². The van der Waals surface area contributed by atoms with Crippen molar-refractivity contribution in [3.8, 4) is 0 Å². The number of rotatable bonds is 4. The van der Waals surface area contributed by atoms with E-state index in [0.29, 0.717) is 13.0 Å². The van der Waals surface area contributed by atoms with Gasteiger partial charge in [0, 0.05) is 18.7 Å². The molecule has 1 amide bonds. The molecule has 0 aliphatic carbocycles. The lowest BCUT2D eigenvalue weighted by Gasteiger charge is -2.17. The highest BCUT2D eigenvalue weighted by Gasteiger charge is 2.36. The van der Waals surface area contributed by atoms with Crippen LogP contribution in [0.15, 0.2) is 41.1 Å². The Balaban J connectivity index is 1.77. The third kappa shape index (κ3) is 2.76. The fourth-order valence-corrected chi connectivity index (χ4v) is 3.51. The number of amides is 1. The Morgan fingerprint density at radius 1 is 1.32 bits per heavy atom. The Bertz CT molecular complexity index is 681. The van der Waals surface area contributed by atoms with Crippen LogP contribution in [-0.2, 0) is 20.7 Å². The van der Waals surface area contributed by atoms with Crippen LogP contribution in [-0.4, -0.2) is 25.5 Å². The number of carbonyl (C=O) groups excluding carboxylic acids is 2. The molecule has 2 heterocycles. The first-order valence-electron chi connectivity index (χ1n) is 7.19. The first kappa shape index (κ1) is 14.8. The second-order valence-corrected chi connectivity index (χ2v) is 6.05. The van der Waals surface area contributed by atoms with Crippen molar-refractivity contribution in [1.82, 2.24) is 0 Å². The van der Waals surface area contributed by atoms with Gasteiger partial charge in [0.05, 0.1) is 7.11 Å². The Morgan fingerprint density at radius 2 is 2.14 bits per heavy atom. The van der Waals surface area contributed by atoms with E-state index in [0.717, 1.165) is 17.7 Å². The Hall–Kier alpha value is -2.14. The summed E-state index contributed by atoms with van der Waals surface area (Å²) in [5.74, 6) is -0.628. The Labute approximate surface area is 133 Å². The number of nitrogens with zero attached hydrogens (tertiary/aromatic N) is 1. The zero-order chi connectivity index (χ0) is 15.5. The zero-order valence-electron chi connectivity index (χ0n) is 12.3. The van der Waals surface area contributed by atoms with Gasteiger partial charge in [-0.2, -0.15) is 11.3 Å². The van der Waals surface area contributed by atoms with Crippen LogP contribution in [0.4, 0.5) is 5.69 Å². The molecule has 0 fully saturated rings. The van der Waals surface area contributed by atoms with Crippen molar-refractivity contribution in [3.05, 3.63) is 52.2 Å². The van der Waals surface area contributed by atoms with Crippen LogP contribution < -0.4 is 4.90 Å². The number of carbonyl (C=O) groups is 2. The predicted octanol–water partition coefficient (Wildman–Crippen LogP) is 2.98. The lowest BCUT2D eigenvalue weighted by molar-refractivity contribution is -0.142. The summed E-state index contributed by atoms with van der Waals surface area (Å²) in [6.45, 7) is 0.370. The number of ether oxygens (including phenoxy) is 1. The van der Waals surface area contributed by atoms with Gasteiger partial charge in [0.1, 0.15) is 5.92 Å². The number of aryl methyl sites for hydroxylation is 1. The van der Waals surface area contributed by atoms with Crippen molar-refractivity contribution in [2.45, 2.75) is 18.8 Å². The number of methoxy groups -OCH3 is 1. The van der Waals surface area contributed by atoms with Gasteiger partial charge in [0.2, 0.25) is 5.91 Å². The summed E-state index contributed by atoms with van der Waals surface area (Å²) in [5, 5.41) is 4.07. The van der Waals surface area contributed by atoms with E-state index in [4.69, 9.17) is 4.74 Å². The van der Waals surface area contributed by atoms with Crippen molar-refractivity contribution >= 4 is 28.9 Å². The molecule has 1 aliphatic rings. The SMILES string of the molecule is COC(=O)[C@@H]1CN(C(=O)CCc2ccsc2)c2ccccc21. The van der Waals surface area contributed by atoms with Crippen LogP contribution >= 0.6 is 11.3 Å². The summed E-state index contributed by atoms with van der Waals surface area (Å²) in [5.41, 5.74) is 2.88. The summed E-state index contributed by atoms with van der Waals surface area (Å²) >= 11 is 1.63. The highest BCUT2D eigenvalue weighted by atomic mass is 32.1. The number of anilines is 1. The van der Waals surface area contributed by atoms with Gasteiger partial charge in [-0.15, -0.1) is 0 Å². The van der Waals surface area contributed by atoms with Gasteiger partial charge in [-0.25, -0.2) is 0 Å². The summed E-state index contributed by atoms with van der Waals surface area (Å²) in [4.78, 5) is 26.2. The molecule has 0 spiro atoms. The van der Waals surface area contributed by atoms with Crippen LogP contribution in [0.1, 0.15) is 23.5 Å². The van der Waals surface area contributed by atoms with Crippen molar-refractivity contribution in [2.75, 3.05) is 18.6 Å². The van der Waals surface area contributed by atoms with Crippen LogP contribution in [0, 0.1) is 0 Å². The van der Waals surface area contributed by atoms with Crippen molar-refractivity contribution in [1.29, 1.82) is 0 Å². The second-order valence-electron chi connectivity index (χ2n) is 5.27. The van der Waals surface area contributed by atoms with Gasteiger partial charge in [-0.3, -0.25) is 9.59 Å². The number of thiophene rings is 1. The Morgan fingerprint density at radius 3 is 2.86 bits per heavy atom. The molecule has 0 unspecified atom stereocenters. The molecule has 3 rings (SSSR count). The van der Waals surface area contributed by atoms with Gasteiger partial charge in [0.15, 0.2) is 0 Å². The molecule has 0 saturated carbocycles. The molecule has 0 saturated heterocycles. The molecule has 0 bridgehead atoms. The Kier molecular flexibility index (Phi) is 4.24. The highest BCUT2D eigenvalue weighted by Crippen LogP contribution is 2.37. The van der Waals surface area contributed by atoms with E-state index in [-0.39, 0.29) is 17.8 Å². The smallest absolute Gasteiger partial charge is 0.315 e. The lowest BCUT2D eigenvalue weighted by atomic mass is 10.0. The van der Waals surface area contributed by atoms with Gasteiger partial charge >= 0.3 is 5.97 Å². The van der Waals surface area contributed by atoms with Gasteiger partial charge in [-0.1, -0.05) is 18.2 Å². The van der Waals surface area contributed by atoms with Crippen LogP contribution in [0.3, 0.4) is 0 Å². The van der Waals surface area contributed by atoms with E-state index in [2.05, 4.69) is 5.38 Å². The van der Waals surface area contributed by atoms with Gasteiger partial charge in [0.25, 0.3) is 0 Å². The summed E-state index contributed by atoms with van der Waals surface area (Å²) in [6, 6.07) is 9.59. The van der Waals surface area contributed by atoms with Crippen molar-refractivity contribution in [3.63, 3.8) is 0 Å². The van der Waals surface area contributed by atoms with E-state index in [1.807, 2.05) is 35.7 Å². The molecule has 2 aromatic rings. The molecule has 1 aromatic heterocycles. The van der Waals surface area contributed by atoms with Crippen LogP contribution in [0.5, 0.6) is 0 Å². The molecule has 1 aromatic carbocycles. The minimum absolute atomic E-state index is 0.0463. The van der Waals surface area contributed by atoms with Crippen molar-refractivity contribution in [2.24, 2.45) is 0 Å². The number of para-hydroxylation sites is 1. The average Bonchev–Trinajstić information content (AvgIpc) is 3.19. The molecule has 1 aliphatic heterocycles. The third-order valence-corrected chi connectivity index (χ3v) is 4.69. The van der Waals surface area contributed by atoms with Crippen LogP contribution in [0.2, 0.25) is 0 Å². The zero-order valence-corrected chi connectivity index (χ0v) is 13.1. The largest absolute Gasteiger partial charge is 0.468 e. The highest BCUT2D eigenvalue weighted by molar-refractivity contribution is 7.07. The average molecular weight is 315 g/mol. The number of benzene rings is 1. The molecule has 114 valence electrons. The standard InChI is InChI=1S/C17H17NO3S/c1-21-17(20)14-10-18(15-5-3-2-4-13(14)15)16(19)7-6-12-8-9-22-11-12/h2-5,8-9,11,14H,6-7,10H2,1H3/t14-/m1/s1. The van der Waals surface area contributed by atoms with Gasteiger partial charge < -0.3 is 9.64 Å². The molecule has 22 heavy (non-hydrogen) atoms. The lowest BCUT2D eigenvalue weighted by Crippen LogP contribution is -2.31. The molecule has 4 nitrogen and oxygen atoms in total. The molecular formula is C17H17NO3S. The molecule has 0 radical (unpaired) electrons. The topological polar surface area (TPSA) is 46.6 Å². The minimum atomic E-state index is -0.383. The van der Waals surface area contributed by atoms with Gasteiger partial charge in [-0.05, 0) is 40.4 Å². The number of fused-ring (bicyclic) bond motifs is 1. The summed E-state index contributed by atoms with van der Waals surface area (Å²) in [6.07, 6.45) is 1.17. The number of hydrogen-bond acceptors (Lipinski definition) is 4. The maximum absolute atomic E-state index is 12.5. The van der Waals surface area contributed by atoms with E-state index in [1.165, 1.54) is 12.7 Å². The van der Waals surface area contributed by atoms with Crippen molar-refractivity contribution < 1.29 is 14.3 Å². The predicted molar refractivity (Wildman–Crippen MR) is 86.2 cm³/mol. The van der Waals surface area contributed by atoms with E-state index < -0.39 is 0 Å². The molecule has 1 atom stereocenters. The summed E-state index contributed by atoms with van der Waals surface area (Å²) in [7, 11) is 1.38. The van der Waals surface area contributed by atoms with Crippen LogP contribution in [0.25, 0.3) is 0 Å². The first-order valence-corrected chi connectivity index (χ1v) is 8.13. The quantitative estimate of drug-likeness (QED) is 0.815. The number of hydrogen-bond donors (Lipinski definition) is 0. The first-order chi connectivity index (χ1) is 10.7. The maximum atomic E-state index is 12.5. The van der Waals surface area contributed by atoms with E-state index >= 15 is 0 Å². The maximum Gasteiger partial charge on any atom is 0.315 e. The number of esters is 1. The third-order valence-electron chi connectivity index (χ3n) is 3.96. The normalized spacial score (nSPS) is 16.4. The summed E-state index contributed by atoms with van der Waals surface area (Å²) < 4.78 is 4.86. The second kappa shape index (κ2) is 6.32. The fraction of sp³-hybridized carbons (Fsp3) is 0.294. The molecule has 5 heteroatoms. The minimum Gasteiger partial charge on any atom is -0.468 e.